The van der Waals surface area contributed by atoms with Gasteiger partial charge in [-0.25, -0.2) is 9.78 Å². The first-order chi connectivity index (χ1) is 22.2. The average molecular weight is 670 g/mol. The number of hydrogen-bond acceptors (Lipinski definition) is 11. The van der Waals surface area contributed by atoms with Gasteiger partial charge in [0, 0.05) is 11.4 Å². The lowest BCUT2D eigenvalue weighted by Crippen LogP contribution is -2.50. The number of hydrogen-bond donors (Lipinski definition) is 5. The molecular weight excluding hydrogens is 631 g/mol. The molecule has 0 bridgehead atoms. The summed E-state index contributed by atoms with van der Waals surface area (Å²) in [5.41, 5.74) is 2.13. The number of aromatic nitrogens is 1. The maximum atomic E-state index is 13.0. The van der Waals surface area contributed by atoms with Crippen LogP contribution >= 0.6 is 23.1 Å². The van der Waals surface area contributed by atoms with Crippen molar-refractivity contribution >= 4 is 67.9 Å². The van der Waals surface area contributed by atoms with Crippen LogP contribution in [0.3, 0.4) is 0 Å². The molecule has 5 N–H and O–H groups in total. The number of nitrogens with zero attached hydrogens (tertiary/aromatic N) is 3. The Morgan fingerprint density at radius 2 is 1.83 bits per heavy atom. The van der Waals surface area contributed by atoms with Crippen LogP contribution in [0.4, 0.5) is 10.5 Å². The van der Waals surface area contributed by atoms with E-state index in [1.165, 1.54) is 11.3 Å². The molecule has 0 fully saturated rings. The Balaban J connectivity index is 1.26. The van der Waals surface area contributed by atoms with E-state index in [1.807, 2.05) is 55.4 Å². The number of thioether (sulfide) groups is 1. The molecule has 1 aliphatic heterocycles. The first-order valence-electron chi connectivity index (χ1n) is 14.9. The highest BCUT2D eigenvalue weighted by Crippen LogP contribution is 2.31. The zero-order valence-corrected chi connectivity index (χ0v) is 27.4. The average Bonchev–Trinajstić information content (AvgIpc) is 3.70. The zero-order chi connectivity index (χ0) is 32.9. The number of anilines is 1. The van der Waals surface area contributed by atoms with Gasteiger partial charge >= 0.3 is 6.09 Å². The van der Waals surface area contributed by atoms with E-state index in [9.17, 15) is 24.3 Å². The first kappa shape index (κ1) is 34.8. The van der Waals surface area contributed by atoms with Crippen LogP contribution in [0.5, 0.6) is 0 Å². The van der Waals surface area contributed by atoms with Gasteiger partial charge in [-0.1, -0.05) is 30.3 Å². The third-order valence-electron chi connectivity index (χ3n) is 6.81. The van der Waals surface area contributed by atoms with Crippen molar-refractivity contribution in [3.8, 4) is 0 Å². The third kappa shape index (κ3) is 11.1. The molecule has 3 aromatic rings. The lowest BCUT2D eigenvalue weighted by atomic mass is 10.1. The number of nitrogens with one attached hydrogen (secondary N) is 4. The number of rotatable bonds is 16. The number of thiazole rings is 1. The van der Waals surface area contributed by atoms with E-state index in [2.05, 4.69) is 31.2 Å². The van der Waals surface area contributed by atoms with Crippen molar-refractivity contribution in [2.45, 2.75) is 38.0 Å². The Bertz CT molecular complexity index is 1530. The summed E-state index contributed by atoms with van der Waals surface area (Å²) in [5, 5.41) is 21.4. The van der Waals surface area contributed by atoms with Gasteiger partial charge in [-0.2, -0.15) is 0 Å². The number of aliphatic imine (C=N–C) groups is 1. The van der Waals surface area contributed by atoms with Gasteiger partial charge < -0.3 is 36.0 Å². The molecule has 2 unspecified atom stereocenters. The van der Waals surface area contributed by atoms with E-state index in [0.717, 1.165) is 44.5 Å². The summed E-state index contributed by atoms with van der Waals surface area (Å²) in [5.74, 6) is -0.770. The molecule has 15 heteroatoms. The van der Waals surface area contributed by atoms with Gasteiger partial charge in [0.2, 0.25) is 17.7 Å². The largest absolute Gasteiger partial charge is 0.445 e. The van der Waals surface area contributed by atoms with E-state index >= 15 is 0 Å². The van der Waals surface area contributed by atoms with E-state index in [1.54, 1.807) is 23.9 Å². The van der Waals surface area contributed by atoms with Crippen LogP contribution in [0.1, 0.15) is 29.8 Å². The fourth-order valence-electron chi connectivity index (χ4n) is 4.43. The first-order valence-corrected chi connectivity index (χ1v) is 16.7. The summed E-state index contributed by atoms with van der Waals surface area (Å²) in [6.07, 6.45) is 1.08. The molecule has 0 saturated heterocycles. The molecule has 246 valence electrons. The van der Waals surface area contributed by atoms with Crippen molar-refractivity contribution in [3.63, 3.8) is 0 Å². The fourth-order valence-corrected chi connectivity index (χ4v) is 6.55. The monoisotopic (exact) mass is 669 g/mol. The van der Waals surface area contributed by atoms with Gasteiger partial charge in [0.1, 0.15) is 29.2 Å². The van der Waals surface area contributed by atoms with Crippen molar-refractivity contribution in [2.24, 2.45) is 4.99 Å². The molecule has 4 rings (SSSR count). The molecule has 1 aliphatic rings. The van der Waals surface area contributed by atoms with Crippen LogP contribution in [0.2, 0.25) is 0 Å². The van der Waals surface area contributed by atoms with Crippen molar-refractivity contribution in [1.29, 1.82) is 0 Å². The molecule has 1 aromatic heterocycles. The molecule has 2 aromatic carbocycles. The van der Waals surface area contributed by atoms with Crippen LogP contribution in [-0.4, -0.2) is 102 Å². The minimum Gasteiger partial charge on any atom is -0.445 e. The second kappa shape index (κ2) is 17.6. The summed E-state index contributed by atoms with van der Waals surface area (Å²) < 4.78 is 5.99. The number of benzene rings is 2. The topological polar surface area (TPSA) is 174 Å². The minimum absolute atomic E-state index is 0.000896. The lowest BCUT2D eigenvalue weighted by Gasteiger charge is -2.19. The smallest absolute Gasteiger partial charge is 0.407 e. The quantitative estimate of drug-likeness (QED) is 0.144. The maximum absolute atomic E-state index is 13.0. The van der Waals surface area contributed by atoms with E-state index in [-0.39, 0.29) is 32.3 Å². The van der Waals surface area contributed by atoms with Crippen LogP contribution < -0.4 is 21.3 Å². The standard InChI is InChI=1S/C31H39N7O6S2/c1-38(2)13-7-6-10-24(36-27(41)16-33-31(43)44-18-20-8-4-3-5-9-20)28(42)32-15-26(40)34-21-11-12-23-25(14-21)46-30(37-23)29-35-22(17-39)19-45-29/h3-5,8-9,11-12,14,22,24,39H,6-7,10,13,15-19H2,1-2H3,(H,32,42)(H,33,43)(H,34,40)(H,36,41). The highest BCUT2D eigenvalue weighted by atomic mass is 32.2. The highest BCUT2D eigenvalue weighted by molar-refractivity contribution is 8.15. The van der Waals surface area contributed by atoms with E-state index in [4.69, 9.17) is 4.74 Å². The van der Waals surface area contributed by atoms with Crippen LogP contribution in [0.25, 0.3) is 10.2 Å². The fraction of sp³-hybridized carbons (Fsp3) is 0.419. The lowest BCUT2D eigenvalue weighted by molar-refractivity contribution is -0.129. The Labute approximate surface area is 275 Å². The number of alkyl carbamates (subject to hydrolysis) is 1. The predicted molar refractivity (Wildman–Crippen MR) is 180 cm³/mol. The molecule has 46 heavy (non-hydrogen) atoms. The van der Waals surface area contributed by atoms with Gasteiger partial charge in [0.15, 0.2) is 0 Å². The number of carbonyl (C=O) groups excluding carboxylic acids is 4. The summed E-state index contributed by atoms with van der Waals surface area (Å²) in [7, 11) is 3.91. The van der Waals surface area contributed by atoms with Gasteiger partial charge in [-0.15, -0.1) is 23.1 Å². The SMILES string of the molecule is CN(C)CCCCC(NC(=O)CNC(=O)OCc1ccccc1)C(=O)NCC(=O)Nc1ccc2nc(C3=NC(CO)CS3)sc2c1. The van der Waals surface area contributed by atoms with Crippen LogP contribution in [0, 0.1) is 0 Å². The molecule has 2 heterocycles. The Hall–Kier alpha value is -4.05. The number of unbranched alkanes of at least 4 members (excludes halogenated alkanes) is 1. The van der Waals surface area contributed by atoms with Gasteiger partial charge in [0.25, 0.3) is 0 Å². The minimum atomic E-state index is -0.890. The number of fused-ring (bicyclic) bond motifs is 1. The molecule has 0 aliphatic carbocycles. The predicted octanol–water partition coefficient (Wildman–Crippen LogP) is 2.35. The molecule has 4 amide bonds. The number of aliphatic hydroxyl groups excluding tert-OH is 1. The highest BCUT2D eigenvalue weighted by Gasteiger charge is 2.23. The van der Waals surface area contributed by atoms with Crippen molar-refractivity contribution in [3.05, 3.63) is 59.1 Å². The van der Waals surface area contributed by atoms with Gasteiger partial charge in [-0.05, 0) is 63.7 Å². The van der Waals surface area contributed by atoms with Crippen LogP contribution in [0.15, 0.2) is 53.5 Å². The summed E-state index contributed by atoms with van der Waals surface area (Å²) in [6, 6.07) is 13.5. The molecule has 0 spiro atoms. The Morgan fingerprint density at radius 3 is 2.57 bits per heavy atom. The van der Waals surface area contributed by atoms with E-state index < -0.39 is 29.9 Å². The van der Waals surface area contributed by atoms with Crippen molar-refractivity contribution in [2.75, 3.05) is 51.4 Å². The van der Waals surface area contributed by atoms with Gasteiger partial charge in [-0.3, -0.25) is 19.4 Å². The van der Waals surface area contributed by atoms with E-state index in [0.29, 0.717) is 18.5 Å². The second-order valence-electron chi connectivity index (χ2n) is 10.9. The molecule has 13 nitrogen and oxygen atoms in total. The number of amides is 4. The normalized spacial score (nSPS) is 14.9. The van der Waals surface area contributed by atoms with Gasteiger partial charge in [0.05, 0.1) is 29.4 Å². The number of carbonyl (C=O) groups is 4. The van der Waals surface area contributed by atoms with Crippen LogP contribution in [-0.2, 0) is 25.7 Å². The molecule has 0 saturated carbocycles. The third-order valence-corrected chi connectivity index (χ3v) is 9.08. The summed E-state index contributed by atoms with van der Waals surface area (Å²) >= 11 is 3.01. The summed E-state index contributed by atoms with van der Waals surface area (Å²) in [6.45, 7) is 0.218. The Kier molecular flexibility index (Phi) is 13.3. The zero-order valence-electron chi connectivity index (χ0n) is 25.8. The summed E-state index contributed by atoms with van der Waals surface area (Å²) in [4.78, 5) is 61.6. The number of ether oxygens (including phenoxy) is 1. The number of aliphatic hydroxyl groups is 1. The maximum Gasteiger partial charge on any atom is 0.407 e. The Morgan fingerprint density at radius 1 is 1.04 bits per heavy atom. The second-order valence-corrected chi connectivity index (χ2v) is 12.9. The molecule has 2 atom stereocenters. The van der Waals surface area contributed by atoms with Crippen molar-refractivity contribution in [1.82, 2.24) is 25.8 Å². The van der Waals surface area contributed by atoms with Crippen molar-refractivity contribution < 1.29 is 29.0 Å². The molecular formula is C31H39N7O6S2. The molecule has 0 radical (unpaired) electrons.